The van der Waals surface area contributed by atoms with Crippen LogP contribution in [0.5, 0.6) is 0 Å². The fraction of sp³-hybridized carbons (Fsp3) is 0.364. The number of hydrazone groups is 1. The van der Waals surface area contributed by atoms with Crippen LogP contribution in [-0.4, -0.2) is 20.7 Å². The van der Waals surface area contributed by atoms with E-state index in [1.165, 1.54) is 55.3 Å². The zero-order valence-corrected chi connectivity index (χ0v) is 21.7. The lowest BCUT2D eigenvalue weighted by Gasteiger charge is -2.56. The van der Waals surface area contributed by atoms with Crippen molar-refractivity contribution in [2.24, 2.45) is 22.9 Å². The van der Waals surface area contributed by atoms with Crippen LogP contribution < -0.4 is 5.01 Å². The van der Waals surface area contributed by atoms with Gasteiger partial charge in [0.05, 0.1) is 35.0 Å². The molecule has 0 spiro atoms. The maximum Gasteiger partial charge on any atom is 0.0831 e. The summed E-state index contributed by atoms with van der Waals surface area (Å²) in [5, 5.41) is 16.3. The summed E-state index contributed by atoms with van der Waals surface area (Å²) >= 11 is 0. The molecule has 190 valence electrons. The smallest absolute Gasteiger partial charge is 0.0831 e. The van der Waals surface area contributed by atoms with Gasteiger partial charge in [-0.3, -0.25) is 5.01 Å². The summed E-state index contributed by atoms with van der Waals surface area (Å²) in [6.45, 7) is 0. The predicted molar refractivity (Wildman–Crippen MR) is 150 cm³/mol. The molecule has 0 N–H and O–H groups in total. The first-order valence-electron chi connectivity index (χ1n) is 14.2. The fourth-order valence-electron chi connectivity index (χ4n) is 8.45. The Morgan fingerprint density at radius 1 is 0.684 bits per heavy atom. The van der Waals surface area contributed by atoms with Crippen LogP contribution in [-0.2, 0) is 5.41 Å². The van der Waals surface area contributed by atoms with Crippen LogP contribution >= 0.6 is 0 Å². The molecule has 5 aliphatic rings. The first-order chi connectivity index (χ1) is 18.7. The van der Waals surface area contributed by atoms with Gasteiger partial charge in [-0.1, -0.05) is 65.9 Å². The highest BCUT2D eigenvalue weighted by Crippen LogP contribution is 2.60. The van der Waals surface area contributed by atoms with Crippen LogP contribution in [0.2, 0.25) is 0 Å². The van der Waals surface area contributed by atoms with Crippen LogP contribution in [0.25, 0.3) is 5.69 Å². The first kappa shape index (κ1) is 22.3. The van der Waals surface area contributed by atoms with E-state index >= 15 is 0 Å². The quantitative estimate of drug-likeness (QED) is 0.294. The second kappa shape index (κ2) is 8.65. The molecule has 1 atom stereocenters. The first-order valence-corrected chi connectivity index (χ1v) is 14.2. The van der Waals surface area contributed by atoms with E-state index in [4.69, 9.17) is 5.10 Å². The number of para-hydroxylation sites is 1. The molecular weight excluding hydrogens is 466 g/mol. The van der Waals surface area contributed by atoms with E-state index in [9.17, 15) is 0 Å². The predicted octanol–water partition coefficient (Wildman–Crippen LogP) is 7.09. The molecule has 3 aromatic carbocycles. The van der Waals surface area contributed by atoms with Crippen molar-refractivity contribution >= 4 is 11.4 Å². The van der Waals surface area contributed by atoms with Crippen molar-refractivity contribution in [3.05, 3.63) is 108 Å². The largest absolute Gasteiger partial charge is 0.257 e. The molecule has 5 nitrogen and oxygen atoms in total. The molecule has 5 heteroatoms. The summed E-state index contributed by atoms with van der Waals surface area (Å²) in [5.41, 5.74) is 7.41. The van der Waals surface area contributed by atoms with Gasteiger partial charge in [0.25, 0.3) is 0 Å². The van der Waals surface area contributed by atoms with Crippen LogP contribution in [0.4, 0.5) is 5.69 Å². The molecule has 4 saturated carbocycles. The van der Waals surface area contributed by atoms with Gasteiger partial charge in [0.2, 0.25) is 0 Å². The average molecular weight is 500 g/mol. The molecule has 38 heavy (non-hydrogen) atoms. The second-order valence-corrected chi connectivity index (χ2v) is 12.1. The lowest BCUT2D eigenvalue weighted by molar-refractivity contribution is -0.00828. The van der Waals surface area contributed by atoms with Gasteiger partial charge in [0.1, 0.15) is 0 Å². The molecule has 0 unspecified atom stereocenters. The third kappa shape index (κ3) is 3.63. The summed E-state index contributed by atoms with van der Waals surface area (Å²) in [6, 6.07) is 30.3. The van der Waals surface area contributed by atoms with Gasteiger partial charge in [-0.15, -0.1) is 5.10 Å². The minimum Gasteiger partial charge on any atom is -0.257 e. The molecule has 4 fully saturated rings. The molecule has 4 bridgehead atoms. The summed E-state index contributed by atoms with van der Waals surface area (Å²) in [6.07, 6.45) is 11.2. The molecule has 9 rings (SSSR count). The Morgan fingerprint density at radius 2 is 1.32 bits per heavy atom. The standard InChI is InChI=1S/C33H33N5/c1-3-7-27(8-4-1)31-18-30(35-37(31)28-9-5-2-6-10-28)26-11-13-29(14-12-26)38-32(22-34-36-38)33-19-23-15-24(20-33)17-25(16-23)21-33/h1-14,22-25,31H,15-21H2/t23?,24?,25?,31-,33?/m0/s1. The van der Waals surface area contributed by atoms with E-state index in [1.54, 1.807) is 0 Å². The molecule has 4 aliphatic carbocycles. The van der Waals surface area contributed by atoms with Crippen LogP contribution in [0.15, 0.2) is 96.2 Å². The molecule has 1 aromatic heterocycles. The van der Waals surface area contributed by atoms with Crippen molar-refractivity contribution < 1.29 is 0 Å². The number of nitrogens with zero attached hydrogens (tertiary/aromatic N) is 5. The van der Waals surface area contributed by atoms with Gasteiger partial charge in [-0.05, 0) is 91.7 Å². The van der Waals surface area contributed by atoms with Gasteiger partial charge >= 0.3 is 0 Å². The molecule has 2 heterocycles. The van der Waals surface area contributed by atoms with Crippen LogP contribution in [0.3, 0.4) is 0 Å². The fourth-order valence-corrected chi connectivity index (χ4v) is 8.45. The molecule has 0 saturated heterocycles. The Morgan fingerprint density at radius 3 is 1.97 bits per heavy atom. The van der Waals surface area contributed by atoms with Gasteiger partial charge in [-0.25, -0.2) is 4.68 Å². The molecular formula is C33H33N5. The van der Waals surface area contributed by atoms with Gasteiger partial charge in [0, 0.05) is 11.8 Å². The van der Waals surface area contributed by atoms with Crippen molar-refractivity contribution in [2.75, 3.05) is 5.01 Å². The molecule has 4 aromatic rings. The van der Waals surface area contributed by atoms with Crippen molar-refractivity contribution in [3.63, 3.8) is 0 Å². The SMILES string of the molecule is c1ccc([C@@H]2CC(c3ccc(-n4nncc4C45CC6CC(CC(C6)C4)C5)cc3)=NN2c2ccccc2)cc1. The zero-order valence-electron chi connectivity index (χ0n) is 21.7. The van der Waals surface area contributed by atoms with E-state index in [2.05, 4.69) is 111 Å². The highest BCUT2D eigenvalue weighted by Gasteiger charge is 2.53. The Kier molecular flexibility index (Phi) is 5.07. The molecule has 0 amide bonds. The Balaban J connectivity index is 1.10. The number of benzene rings is 3. The highest BCUT2D eigenvalue weighted by atomic mass is 15.5. The minimum absolute atomic E-state index is 0.186. The second-order valence-electron chi connectivity index (χ2n) is 12.1. The van der Waals surface area contributed by atoms with E-state index < -0.39 is 0 Å². The van der Waals surface area contributed by atoms with Crippen LogP contribution in [0, 0.1) is 17.8 Å². The van der Waals surface area contributed by atoms with E-state index in [1.807, 2.05) is 0 Å². The highest BCUT2D eigenvalue weighted by molar-refractivity contribution is 6.03. The number of aromatic nitrogens is 3. The van der Waals surface area contributed by atoms with Crippen molar-refractivity contribution in [1.29, 1.82) is 0 Å². The zero-order chi connectivity index (χ0) is 25.1. The van der Waals surface area contributed by atoms with Crippen molar-refractivity contribution in [1.82, 2.24) is 15.0 Å². The monoisotopic (exact) mass is 499 g/mol. The number of hydrogen-bond donors (Lipinski definition) is 0. The third-order valence-corrected chi connectivity index (χ3v) is 9.69. The molecule has 0 radical (unpaired) electrons. The third-order valence-electron chi connectivity index (χ3n) is 9.69. The van der Waals surface area contributed by atoms with Crippen LogP contribution in [0.1, 0.15) is 67.8 Å². The average Bonchev–Trinajstić information content (AvgIpc) is 3.62. The summed E-state index contributed by atoms with van der Waals surface area (Å²) < 4.78 is 2.14. The van der Waals surface area contributed by atoms with Gasteiger partial charge in [0.15, 0.2) is 0 Å². The maximum absolute atomic E-state index is 5.14. The van der Waals surface area contributed by atoms with Crippen molar-refractivity contribution in [2.45, 2.75) is 56.4 Å². The Bertz CT molecular complexity index is 1440. The topological polar surface area (TPSA) is 46.3 Å². The summed E-state index contributed by atoms with van der Waals surface area (Å²) in [4.78, 5) is 0. The lowest BCUT2D eigenvalue weighted by Crippen LogP contribution is -2.49. The maximum atomic E-state index is 5.14. The van der Waals surface area contributed by atoms with Gasteiger partial charge in [-0.2, -0.15) is 5.10 Å². The Hall–Kier alpha value is -3.73. The Labute approximate surface area is 224 Å². The minimum atomic E-state index is 0.186. The van der Waals surface area contributed by atoms with Gasteiger partial charge < -0.3 is 0 Å². The number of rotatable bonds is 5. The van der Waals surface area contributed by atoms with Crippen molar-refractivity contribution in [3.8, 4) is 5.69 Å². The normalized spacial score (nSPS) is 29.6. The lowest BCUT2D eigenvalue weighted by atomic mass is 9.49. The number of hydrogen-bond acceptors (Lipinski definition) is 4. The van der Waals surface area contributed by atoms with E-state index in [0.29, 0.717) is 0 Å². The molecule has 1 aliphatic heterocycles. The van der Waals surface area contributed by atoms with E-state index in [0.717, 1.165) is 41.3 Å². The summed E-state index contributed by atoms with van der Waals surface area (Å²) in [5.74, 6) is 2.70. The number of anilines is 1. The summed E-state index contributed by atoms with van der Waals surface area (Å²) in [7, 11) is 0. The van der Waals surface area contributed by atoms with E-state index in [-0.39, 0.29) is 11.5 Å².